The van der Waals surface area contributed by atoms with E-state index in [2.05, 4.69) is 170 Å². The zero-order valence-electron chi connectivity index (χ0n) is 29.8. The normalized spacial score (nSPS) is 11.6. The van der Waals surface area contributed by atoms with Gasteiger partial charge in [0.2, 0.25) is 0 Å². The zero-order valence-corrected chi connectivity index (χ0v) is 29.8. The standard InChI is InChI=1S/C53H31NO/c54-32-33-19-25-50-46(27-33)47-28-37(22-26-51(47)55-50)36-20-23-43-48(29-36)52(34-11-3-1-4-12-34)44-24-21-39(31-49(44)53(43)35-13-5-2-6-14-35)45-30-38-15-7-8-16-40(38)41-17-9-10-18-42(41)45/h1-31H. The fourth-order valence-corrected chi connectivity index (χ4v) is 8.73. The van der Waals surface area contributed by atoms with Gasteiger partial charge in [-0.25, -0.2) is 0 Å². The maximum atomic E-state index is 9.61. The summed E-state index contributed by atoms with van der Waals surface area (Å²) in [6, 6.07) is 69.7. The second-order valence-electron chi connectivity index (χ2n) is 14.3. The molecule has 0 bridgehead atoms. The summed E-state index contributed by atoms with van der Waals surface area (Å²) in [6.45, 7) is 0. The highest BCUT2D eigenvalue weighted by atomic mass is 16.3. The number of hydrogen-bond acceptors (Lipinski definition) is 2. The third-order valence-corrected chi connectivity index (χ3v) is 11.3. The van der Waals surface area contributed by atoms with Gasteiger partial charge in [-0.15, -0.1) is 0 Å². The number of benzene rings is 10. The van der Waals surface area contributed by atoms with Gasteiger partial charge >= 0.3 is 0 Å². The lowest BCUT2D eigenvalue weighted by Gasteiger charge is -2.20. The summed E-state index contributed by atoms with van der Waals surface area (Å²) in [6.07, 6.45) is 0. The van der Waals surface area contributed by atoms with Gasteiger partial charge in [-0.05, 0) is 136 Å². The fraction of sp³-hybridized carbons (Fsp3) is 0. The van der Waals surface area contributed by atoms with Gasteiger partial charge in [0.1, 0.15) is 11.2 Å². The second kappa shape index (κ2) is 12.3. The van der Waals surface area contributed by atoms with Crippen molar-refractivity contribution in [3.8, 4) is 50.6 Å². The topological polar surface area (TPSA) is 36.9 Å². The van der Waals surface area contributed by atoms with E-state index < -0.39 is 0 Å². The van der Waals surface area contributed by atoms with E-state index in [0.717, 1.165) is 33.1 Å². The van der Waals surface area contributed by atoms with Crippen molar-refractivity contribution in [2.75, 3.05) is 0 Å². The summed E-state index contributed by atoms with van der Waals surface area (Å²) in [5.41, 5.74) is 11.7. The highest BCUT2D eigenvalue weighted by Gasteiger charge is 2.20. The van der Waals surface area contributed by atoms with E-state index in [1.165, 1.54) is 76.5 Å². The number of nitrogens with zero attached hydrogens (tertiary/aromatic N) is 1. The van der Waals surface area contributed by atoms with Crippen LogP contribution in [-0.2, 0) is 0 Å². The predicted octanol–water partition coefficient (Wildman–Crippen LogP) is 14.7. The van der Waals surface area contributed by atoms with Gasteiger partial charge in [-0.3, -0.25) is 0 Å². The molecular formula is C53H31NO. The zero-order chi connectivity index (χ0) is 36.5. The Hall–Kier alpha value is -7.47. The number of rotatable bonds is 4. The molecule has 1 heterocycles. The smallest absolute Gasteiger partial charge is 0.135 e. The number of fused-ring (bicyclic) bond motifs is 8. The molecule has 0 fully saturated rings. The molecule has 0 aliphatic rings. The lowest BCUT2D eigenvalue weighted by atomic mass is 9.83. The second-order valence-corrected chi connectivity index (χ2v) is 14.3. The predicted molar refractivity (Wildman–Crippen MR) is 230 cm³/mol. The molecule has 0 unspecified atom stereocenters. The molecule has 0 amide bonds. The minimum Gasteiger partial charge on any atom is -0.456 e. The highest BCUT2D eigenvalue weighted by molar-refractivity contribution is 6.23. The van der Waals surface area contributed by atoms with E-state index in [4.69, 9.17) is 4.42 Å². The molecule has 254 valence electrons. The van der Waals surface area contributed by atoms with E-state index in [9.17, 15) is 5.26 Å². The molecule has 0 aliphatic carbocycles. The van der Waals surface area contributed by atoms with Crippen molar-refractivity contribution in [3.63, 3.8) is 0 Å². The van der Waals surface area contributed by atoms with Crippen molar-refractivity contribution < 1.29 is 4.42 Å². The lowest BCUT2D eigenvalue weighted by molar-refractivity contribution is 0.669. The molecule has 0 radical (unpaired) electrons. The van der Waals surface area contributed by atoms with Crippen LogP contribution >= 0.6 is 0 Å². The summed E-state index contributed by atoms with van der Waals surface area (Å²) < 4.78 is 6.18. The van der Waals surface area contributed by atoms with Gasteiger partial charge in [-0.2, -0.15) is 5.26 Å². The van der Waals surface area contributed by atoms with Crippen LogP contribution in [0.25, 0.3) is 110 Å². The first-order chi connectivity index (χ1) is 27.2. The number of furan rings is 1. The Morgan fingerprint density at radius 2 is 0.836 bits per heavy atom. The van der Waals surface area contributed by atoms with E-state index in [-0.39, 0.29) is 0 Å². The third-order valence-electron chi connectivity index (χ3n) is 11.3. The average molecular weight is 698 g/mol. The lowest BCUT2D eigenvalue weighted by Crippen LogP contribution is -1.93. The Labute approximate surface area is 317 Å². The molecule has 55 heavy (non-hydrogen) atoms. The molecule has 0 N–H and O–H groups in total. The molecule has 0 atom stereocenters. The average Bonchev–Trinajstić information content (AvgIpc) is 3.62. The highest BCUT2D eigenvalue weighted by Crippen LogP contribution is 2.47. The Morgan fingerprint density at radius 3 is 1.51 bits per heavy atom. The van der Waals surface area contributed by atoms with Crippen LogP contribution < -0.4 is 0 Å². The maximum Gasteiger partial charge on any atom is 0.135 e. The summed E-state index contributed by atoms with van der Waals surface area (Å²) >= 11 is 0. The van der Waals surface area contributed by atoms with E-state index in [1.54, 1.807) is 0 Å². The summed E-state index contributed by atoms with van der Waals surface area (Å²) in [5.74, 6) is 0. The van der Waals surface area contributed by atoms with Crippen molar-refractivity contribution in [3.05, 3.63) is 194 Å². The van der Waals surface area contributed by atoms with E-state index in [1.807, 2.05) is 24.3 Å². The number of hydrogen-bond donors (Lipinski definition) is 0. The van der Waals surface area contributed by atoms with Crippen LogP contribution in [0.15, 0.2) is 192 Å². The van der Waals surface area contributed by atoms with E-state index >= 15 is 0 Å². The van der Waals surface area contributed by atoms with E-state index in [0.29, 0.717) is 5.56 Å². The van der Waals surface area contributed by atoms with Crippen molar-refractivity contribution in [1.29, 1.82) is 5.26 Å². The van der Waals surface area contributed by atoms with Crippen molar-refractivity contribution in [2.45, 2.75) is 0 Å². The summed E-state index contributed by atoms with van der Waals surface area (Å²) in [5, 5.41) is 21.4. The molecule has 0 saturated heterocycles. The van der Waals surface area contributed by atoms with Gasteiger partial charge in [-0.1, -0.05) is 140 Å². The van der Waals surface area contributed by atoms with Crippen LogP contribution in [0.5, 0.6) is 0 Å². The van der Waals surface area contributed by atoms with Gasteiger partial charge in [0.25, 0.3) is 0 Å². The molecule has 0 spiro atoms. The molecule has 11 aromatic rings. The van der Waals surface area contributed by atoms with Gasteiger partial charge in [0, 0.05) is 10.8 Å². The van der Waals surface area contributed by atoms with Crippen LogP contribution in [0.1, 0.15) is 5.56 Å². The van der Waals surface area contributed by atoms with Crippen LogP contribution in [0.4, 0.5) is 0 Å². The first-order valence-electron chi connectivity index (χ1n) is 18.6. The molecule has 11 rings (SSSR count). The Balaban J connectivity index is 1.21. The Kier molecular flexibility index (Phi) is 6.96. The minimum atomic E-state index is 0.621. The molecule has 1 aromatic heterocycles. The molecule has 2 nitrogen and oxygen atoms in total. The van der Waals surface area contributed by atoms with Crippen LogP contribution in [0.2, 0.25) is 0 Å². The molecule has 0 aliphatic heterocycles. The van der Waals surface area contributed by atoms with Gasteiger partial charge in [0.15, 0.2) is 0 Å². The first kappa shape index (κ1) is 31.1. The summed E-state index contributed by atoms with van der Waals surface area (Å²) in [7, 11) is 0. The first-order valence-corrected chi connectivity index (χ1v) is 18.6. The van der Waals surface area contributed by atoms with Crippen molar-refractivity contribution in [2.24, 2.45) is 0 Å². The van der Waals surface area contributed by atoms with Gasteiger partial charge < -0.3 is 4.42 Å². The Bertz CT molecular complexity index is 3370. The fourth-order valence-electron chi connectivity index (χ4n) is 8.73. The quantitative estimate of drug-likeness (QED) is 0.136. The van der Waals surface area contributed by atoms with Crippen LogP contribution in [0, 0.1) is 11.3 Å². The molecular weight excluding hydrogens is 667 g/mol. The van der Waals surface area contributed by atoms with Crippen molar-refractivity contribution >= 4 is 65.0 Å². The Morgan fingerprint density at radius 1 is 0.327 bits per heavy atom. The number of nitriles is 1. The molecule has 2 heteroatoms. The molecule has 0 saturated carbocycles. The SMILES string of the molecule is N#Cc1ccc2oc3ccc(-c4ccc5c(-c6ccccc6)c6cc(-c7cc8ccccc8c8ccccc78)ccc6c(-c6ccccc6)c5c4)cc3c2c1. The largest absolute Gasteiger partial charge is 0.456 e. The monoisotopic (exact) mass is 697 g/mol. The third kappa shape index (κ3) is 4.95. The molecule has 10 aromatic carbocycles. The van der Waals surface area contributed by atoms with Crippen LogP contribution in [-0.4, -0.2) is 0 Å². The minimum absolute atomic E-state index is 0.621. The van der Waals surface area contributed by atoms with Crippen LogP contribution in [0.3, 0.4) is 0 Å². The van der Waals surface area contributed by atoms with Gasteiger partial charge in [0.05, 0.1) is 11.6 Å². The summed E-state index contributed by atoms with van der Waals surface area (Å²) in [4.78, 5) is 0. The van der Waals surface area contributed by atoms with Crippen molar-refractivity contribution in [1.82, 2.24) is 0 Å². The maximum absolute atomic E-state index is 9.61.